The highest BCUT2D eigenvalue weighted by atomic mass is 16.4. The van der Waals surface area contributed by atoms with Gasteiger partial charge in [-0.25, -0.2) is 4.79 Å². The number of primary amides is 1. The molecule has 14 N–H and O–H groups in total. The number of carboxylic acid groups (broad SMARTS) is 2. The quantitative estimate of drug-likeness (QED) is 0.0535. The lowest BCUT2D eigenvalue weighted by Crippen LogP contribution is -2.58. The summed E-state index contributed by atoms with van der Waals surface area (Å²) in [6, 6.07) is -6.27. The van der Waals surface area contributed by atoms with Crippen molar-refractivity contribution in [3.05, 3.63) is 0 Å². The smallest absolute Gasteiger partial charge is 0.326 e. The van der Waals surface area contributed by atoms with Crippen LogP contribution in [0.3, 0.4) is 0 Å². The van der Waals surface area contributed by atoms with Gasteiger partial charge in [0.1, 0.15) is 24.2 Å². The maximum Gasteiger partial charge on any atom is 0.326 e. The van der Waals surface area contributed by atoms with Crippen LogP contribution in [0.4, 0.5) is 0 Å². The number of hydrogen-bond acceptors (Lipinski definition) is 9. The molecule has 198 valence electrons. The van der Waals surface area contributed by atoms with Gasteiger partial charge < -0.3 is 54.2 Å². The van der Waals surface area contributed by atoms with Crippen molar-refractivity contribution in [2.45, 2.75) is 62.9 Å². The summed E-state index contributed by atoms with van der Waals surface area (Å²) in [6.45, 7) is 1.25. The predicted octanol–water partition coefficient (Wildman–Crippen LogP) is -5.36. The first-order valence-electron chi connectivity index (χ1n) is 10.3. The second-order valence-corrected chi connectivity index (χ2v) is 7.51. The number of aliphatic hydroxyl groups is 1. The predicted molar refractivity (Wildman–Crippen MR) is 119 cm³/mol. The summed E-state index contributed by atoms with van der Waals surface area (Å²) in [4.78, 5) is 74.8. The standard InChI is InChI=1S/C18H32N8O9/c1-7(27)13(20)16(33)25-9(5-11(19)28)15(32)24-8(3-2-4-23-18(21)22)14(31)26-10(17(34)35)6-12(29)30/h7-10,13,27H,2-6,20H2,1H3,(H2,19,28)(H,24,32)(H,25,33)(H,26,31)(H,29,30)(H,34,35)(H4,21,22,23). The molecule has 0 fully saturated rings. The lowest BCUT2D eigenvalue weighted by atomic mass is 10.1. The van der Waals surface area contributed by atoms with Crippen LogP contribution in [0.2, 0.25) is 0 Å². The lowest BCUT2D eigenvalue weighted by molar-refractivity contribution is -0.147. The molecule has 0 aliphatic heterocycles. The minimum absolute atomic E-state index is 0.0319. The Morgan fingerprint density at radius 3 is 1.80 bits per heavy atom. The minimum atomic E-state index is -1.80. The summed E-state index contributed by atoms with van der Waals surface area (Å²) in [6.07, 6.45) is -2.94. The van der Waals surface area contributed by atoms with E-state index in [4.69, 9.17) is 33.1 Å². The van der Waals surface area contributed by atoms with Gasteiger partial charge >= 0.3 is 11.9 Å². The van der Waals surface area contributed by atoms with E-state index < -0.39 is 78.7 Å². The third kappa shape index (κ3) is 12.7. The molecule has 0 aliphatic rings. The Morgan fingerprint density at radius 2 is 1.34 bits per heavy atom. The first kappa shape index (κ1) is 31.0. The van der Waals surface area contributed by atoms with E-state index in [0.29, 0.717) is 0 Å². The first-order chi connectivity index (χ1) is 16.1. The summed E-state index contributed by atoms with van der Waals surface area (Å²) in [5.74, 6) is -7.44. The van der Waals surface area contributed by atoms with Crippen LogP contribution >= 0.6 is 0 Å². The van der Waals surface area contributed by atoms with Crippen LogP contribution < -0.4 is 38.9 Å². The van der Waals surface area contributed by atoms with E-state index in [1.807, 2.05) is 5.32 Å². The fourth-order valence-corrected chi connectivity index (χ4v) is 2.59. The first-order valence-corrected chi connectivity index (χ1v) is 10.3. The van der Waals surface area contributed by atoms with Crippen LogP contribution in [0.25, 0.3) is 0 Å². The van der Waals surface area contributed by atoms with Gasteiger partial charge in [-0.15, -0.1) is 0 Å². The summed E-state index contributed by atoms with van der Waals surface area (Å²) in [5, 5.41) is 33.8. The van der Waals surface area contributed by atoms with Crippen LogP contribution in [0.15, 0.2) is 4.99 Å². The van der Waals surface area contributed by atoms with Gasteiger partial charge in [0.2, 0.25) is 23.6 Å². The number of aliphatic carboxylic acids is 2. The van der Waals surface area contributed by atoms with Crippen molar-refractivity contribution >= 4 is 41.5 Å². The lowest BCUT2D eigenvalue weighted by Gasteiger charge is -2.25. The van der Waals surface area contributed by atoms with Crippen molar-refractivity contribution in [3.8, 4) is 0 Å². The zero-order valence-electron chi connectivity index (χ0n) is 19.0. The average Bonchev–Trinajstić information content (AvgIpc) is 2.72. The molecule has 0 saturated carbocycles. The number of carbonyl (C=O) groups excluding carboxylic acids is 4. The van der Waals surface area contributed by atoms with Crippen molar-refractivity contribution in [1.82, 2.24) is 16.0 Å². The summed E-state index contributed by atoms with van der Waals surface area (Å²) in [5.41, 5.74) is 21.1. The zero-order valence-corrected chi connectivity index (χ0v) is 19.0. The Kier molecular flexibility index (Phi) is 13.3. The van der Waals surface area contributed by atoms with Gasteiger partial charge in [-0.3, -0.25) is 29.0 Å². The number of aliphatic hydroxyl groups excluding tert-OH is 1. The minimum Gasteiger partial charge on any atom is -0.481 e. The Labute approximate surface area is 199 Å². The van der Waals surface area contributed by atoms with Gasteiger partial charge in [-0.1, -0.05) is 0 Å². The number of hydrogen-bond donors (Lipinski definition) is 10. The summed E-state index contributed by atoms with van der Waals surface area (Å²) in [7, 11) is 0. The van der Waals surface area contributed by atoms with Crippen LogP contribution in [0.1, 0.15) is 32.6 Å². The highest BCUT2D eigenvalue weighted by molar-refractivity contribution is 5.96. The van der Waals surface area contributed by atoms with E-state index in [-0.39, 0.29) is 25.3 Å². The normalized spacial score (nSPS) is 14.8. The van der Waals surface area contributed by atoms with E-state index in [1.54, 1.807) is 0 Å². The molecular weight excluding hydrogens is 472 g/mol. The van der Waals surface area contributed by atoms with E-state index >= 15 is 0 Å². The second kappa shape index (κ2) is 15.0. The molecule has 0 bridgehead atoms. The zero-order chi connectivity index (χ0) is 27.3. The molecule has 35 heavy (non-hydrogen) atoms. The number of carbonyl (C=O) groups is 6. The van der Waals surface area contributed by atoms with Crippen LogP contribution in [-0.4, -0.2) is 93.7 Å². The number of nitrogens with zero attached hydrogens (tertiary/aromatic N) is 1. The van der Waals surface area contributed by atoms with Gasteiger partial charge in [0, 0.05) is 6.54 Å². The van der Waals surface area contributed by atoms with Crippen molar-refractivity contribution < 1.29 is 44.1 Å². The Balaban J connectivity index is 5.68. The van der Waals surface area contributed by atoms with Crippen molar-refractivity contribution in [2.24, 2.45) is 27.9 Å². The molecule has 0 aromatic heterocycles. The third-order valence-electron chi connectivity index (χ3n) is 4.43. The van der Waals surface area contributed by atoms with Crippen molar-refractivity contribution in [3.63, 3.8) is 0 Å². The molecule has 17 heteroatoms. The number of guanidine groups is 1. The summed E-state index contributed by atoms with van der Waals surface area (Å²) < 4.78 is 0. The van der Waals surface area contributed by atoms with Gasteiger partial charge in [0.25, 0.3) is 0 Å². The largest absolute Gasteiger partial charge is 0.481 e. The van der Waals surface area contributed by atoms with E-state index in [2.05, 4.69) is 15.6 Å². The molecule has 4 amide bonds. The third-order valence-corrected chi connectivity index (χ3v) is 4.43. The van der Waals surface area contributed by atoms with Crippen molar-refractivity contribution in [1.29, 1.82) is 0 Å². The molecule has 5 unspecified atom stereocenters. The molecule has 5 atom stereocenters. The van der Waals surface area contributed by atoms with Gasteiger partial charge in [-0.05, 0) is 19.8 Å². The van der Waals surface area contributed by atoms with Gasteiger partial charge in [-0.2, -0.15) is 0 Å². The number of rotatable bonds is 16. The molecule has 0 heterocycles. The molecule has 0 rings (SSSR count). The fourth-order valence-electron chi connectivity index (χ4n) is 2.59. The molecule has 0 spiro atoms. The highest BCUT2D eigenvalue weighted by Crippen LogP contribution is 2.04. The monoisotopic (exact) mass is 504 g/mol. The number of aliphatic imine (C=N–C) groups is 1. The van der Waals surface area contributed by atoms with Crippen LogP contribution in [0, 0.1) is 0 Å². The van der Waals surface area contributed by atoms with E-state index in [0.717, 1.165) is 0 Å². The highest BCUT2D eigenvalue weighted by Gasteiger charge is 2.32. The molecule has 17 nitrogen and oxygen atoms in total. The van der Waals surface area contributed by atoms with Crippen molar-refractivity contribution in [2.75, 3.05) is 6.54 Å². The number of nitrogens with two attached hydrogens (primary N) is 4. The SMILES string of the molecule is CC(O)C(N)C(=O)NC(CC(N)=O)C(=O)NC(CCCN=C(N)N)C(=O)NC(CC(=O)O)C(=O)O. The fraction of sp³-hybridized carbons (Fsp3) is 0.611. The number of amides is 4. The second-order valence-electron chi connectivity index (χ2n) is 7.51. The summed E-state index contributed by atoms with van der Waals surface area (Å²) >= 11 is 0. The molecule has 0 radical (unpaired) electrons. The van der Waals surface area contributed by atoms with E-state index in [1.165, 1.54) is 6.92 Å². The molecule has 0 aromatic carbocycles. The maximum absolute atomic E-state index is 12.8. The Bertz CT molecular complexity index is 829. The number of nitrogens with one attached hydrogen (secondary N) is 3. The Morgan fingerprint density at radius 1 is 0.829 bits per heavy atom. The van der Waals surface area contributed by atoms with Gasteiger partial charge in [0.15, 0.2) is 5.96 Å². The van der Waals surface area contributed by atoms with E-state index in [9.17, 15) is 33.9 Å². The average molecular weight is 505 g/mol. The maximum atomic E-state index is 12.8. The van der Waals surface area contributed by atoms with Gasteiger partial charge in [0.05, 0.1) is 18.9 Å². The number of carboxylic acids is 2. The topological polar surface area (TPSA) is 316 Å². The molecule has 0 saturated heterocycles. The van der Waals surface area contributed by atoms with Crippen LogP contribution in [0.5, 0.6) is 0 Å². The Hall–Kier alpha value is -3.99. The van der Waals surface area contributed by atoms with Crippen LogP contribution in [-0.2, 0) is 28.8 Å². The molecular formula is C18H32N8O9. The molecule has 0 aliphatic carbocycles. The molecule has 0 aromatic rings.